The summed E-state index contributed by atoms with van der Waals surface area (Å²) in [5.41, 5.74) is 0. The van der Waals surface area contributed by atoms with E-state index in [1.165, 1.54) is 0 Å². The normalized spacial score (nSPS) is 17.5. The molecule has 0 saturated carbocycles. The van der Waals surface area contributed by atoms with Crippen LogP contribution in [0.25, 0.3) is 0 Å². The van der Waals surface area contributed by atoms with Crippen LogP contribution >= 0.6 is 11.6 Å². The van der Waals surface area contributed by atoms with Gasteiger partial charge in [-0.25, -0.2) is 8.42 Å². The minimum atomic E-state index is -3.49. The monoisotopic (exact) mass is 360 g/mol. The van der Waals surface area contributed by atoms with Gasteiger partial charge in [0.2, 0.25) is 5.91 Å². The summed E-state index contributed by atoms with van der Waals surface area (Å²) in [6.07, 6.45) is 1.70. The molecule has 23 heavy (non-hydrogen) atoms. The molecule has 2 N–H and O–H groups in total. The summed E-state index contributed by atoms with van der Waals surface area (Å²) in [6.45, 7) is 1.53. The lowest BCUT2D eigenvalue weighted by Crippen LogP contribution is -2.57. The highest BCUT2D eigenvalue weighted by molar-refractivity contribution is 7.92. The molecule has 0 aromatic heterocycles. The van der Waals surface area contributed by atoms with Gasteiger partial charge in [0, 0.05) is 11.3 Å². The van der Waals surface area contributed by atoms with Gasteiger partial charge in [0.15, 0.2) is 14.6 Å². The molecular formula is C15H21ClN2O4S. The molecular weight excluding hydrogens is 340 g/mol. The molecule has 1 aliphatic heterocycles. The Morgan fingerprint density at radius 3 is 2.48 bits per heavy atom. The molecule has 0 aliphatic carbocycles. The lowest BCUT2D eigenvalue weighted by atomic mass is 9.96. The summed E-state index contributed by atoms with van der Waals surface area (Å²) in [7, 11) is -3.49. The third-order valence-electron chi connectivity index (χ3n) is 4.00. The van der Waals surface area contributed by atoms with Crippen molar-refractivity contribution in [2.75, 3.05) is 32.5 Å². The molecule has 1 saturated heterocycles. The highest BCUT2D eigenvalue weighted by atomic mass is 35.5. The SMILES string of the molecule is CS(=O)(=O)C1(C(=O)NCCOc2ccc(Cl)cc2)CCNCC1. The van der Waals surface area contributed by atoms with Crippen molar-refractivity contribution in [1.29, 1.82) is 0 Å². The third-order valence-corrected chi connectivity index (χ3v) is 6.27. The van der Waals surface area contributed by atoms with E-state index in [9.17, 15) is 13.2 Å². The predicted octanol–water partition coefficient (Wildman–Crippen LogP) is 1.00. The Hall–Kier alpha value is -1.31. The highest BCUT2D eigenvalue weighted by Crippen LogP contribution is 2.27. The number of halogens is 1. The quantitative estimate of drug-likeness (QED) is 0.739. The van der Waals surface area contributed by atoms with Crippen molar-refractivity contribution < 1.29 is 17.9 Å². The topological polar surface area (TPSA) is 84.5 Å². The number of sulfone groups is 1. The Bertz CT molecular complexity index is 640. The lowest BCUT2D eigenvalue weighted by molar-refractivity contribution is -0.124. The van der Waals surface area contributed by atoms with Crippen molar-refractivity contribution in [3.05, 3.63) is 29.3 Å². The lowest BCUT2D eigenvalue weighted by Gasteiger charge is -2.34. The molecule has 1 aliphatic rings. The van der Waals surface area contributed by atoms with E-state index in [0.717, 1.165) is 6.26 Å². The molecule has 0 spiro atoms. The van der Waals surface area contributed by atoms with Crippen molar-refractivity contribution in [2.24, 2.45) is 0 Å². The first-order valence-corrected chi connectivity index (χ1v) is 9.69. The maximum Gasteiger partial charge on any atom is 0.241 e. The largest absolute Gasteiger partial charge is 0.492 e. The van der Waals surface area contributed by atoms with Gasteiger partial charge in [-0.1, -0.05) is 11.6 Å². The van der Waals surface area contributed by atoms with Crippen LogP contribution in [0.5, 0.6) is 5.75 Å². The van der Waals surface area contributed by atoms with Crippen molar-refractivity contribution in [3.63, 3.8) is 0 Å². The van der Waals surface area contributed by atoms with Crippen LogP contribution in [0.1, 0.15) is 12.8 Å². The minimum Gasteiger partial charge on any atom is -0.492 e. The van der Waals surface area contributed by atoms with Crippen LogP contribution in [-0.4, -0.2) is 51.6 Å². The Morgan fingerprint density at radius 2 is 1.91 bits per heavy atom. The first-order chi connectivity index (χ1) is 10.8. The summed E-state index contributed by atoms with van der Waals surface area (Å²) in [5.74, 6) is 0.199. The molecule has 1 amide bonds. The number of amides is 1. The number of hydrogen-bond acceptors (Lipinski definition) is 5. The van der Waals surface area contributed by atoms with E-state index in [-0.39, 0.29) is 26.0 Å². The molecule has 6 nitrogen and oxygen atoms in total. The average Bonchev–Trinajstić information content (AvgIpc) is 2.52. The van der Waals surface area contributed by atoms with Crippen molar-refractivity contribution >= 4 is 27.3 Å². The Labute approximate surface area is 141 Å². The standard InChI is InChI=1S/C15H21ClN2O4S/c1-23(20,21)15(6-8-17-9-7-15)14(19)18-10-11-22-13-4-2-12(16)3-5-13/h2-5,17H,6-11H2,1H3,(H,18,19). The van der Waals surface area contributed by atoms with E-state index in [0.29, 0.717) is 23.9 Å². The van der Waals surface area contributed by atoms with E-state index in [4.69, 9.17) is 16.3 Å². The number of hydrogen-bond donors (Lipinski definition) is 2. The number of carbonyl (C=O) groups excluding carboxylic acids is 1. The number of rotatable bonds is 6. The van der Waals surface area contributed by atoms with Gasteiger partial charge in [0.1, 0.15) is 12.4 Å². The van der Waals surface area contributed by atoms with Gasteiger partial charge in [0.25, 0.3) is 0 Å². The zero-order valence-corrected chi connectivity index (χ0v) is 14.5. The minimum absolute atomic E-state index is 0.242. The Morgan fingerprint density at radius 1 is 1.30 bits per heavy atom. The van der Waals surface area contributed by atoms with Crippen LogP contribution in [-0.2, 0) is 14.6 Å². The fraction of sp³-hybridized carbons (Fsp3) is 0.533. The summed E-state index contributed by atoms with van der Waals surface area (Å²) < 4.78 is 28.4. The summed E-state index contributed by atoms with van der Waals surface area (Å²) in [4.78, 5) is 12.4. The fourth-order valence-electron chi connectivity index (χ4n) is 2.62. The maximum atomic E-state index is 12.4. The molecule has 8 heteroatoms. The van der Waals surface area contributed by atoms with Crippen LogP contribution in [0.3, 0.4) is 0 Å². The van der Waals surface area contributed by atoms with E-state index in [1.807, 2.05) is 0 Å². The summed E-state index contributed by atoms with van der Waals surface area (Å²) in [5, 5.41) is 6.38. The van der Waals surface area contributed by atoms with Crippen LogP contribution in [0.4, 0.5) is 0 Å². The van der Waals surface area contributed by atoms with Crippen LogP contribution in [0, 0.1) is 0 Å². The van der Waals surface area contributed by atoms with Gasteiger partial charge in [-0.15, -0.1) is 0 Å². The maximum absolute atomic E-state index is 12.4. The van der Waals surface area contributed by atoms with Crippen LogP contribution in [0.15, 0.2) is 24.3 Å². The van der Waals surface area contributed by atoms with Gasteiger partial charge < -0.3 is 15.4 Å². The van der Waals surface area contributed by atoms with Crippen molar-refractivity contribution in [1.82, 2.24) is 10.6 Å². The predicted molar refractivity (Wildman–Crippen MR) is 89.6 cm³/mol. The first-order valence-electron chi connectivity index (χ1n) is 7.42. The molecule has 1 heterocycles. The van der Waals surface area contributed by atoms with E-state index in [1.54, 1.807) is 24.3 Å². The summed E-state index contributed by atoms with van der Waals surface area (Å²) >= 11 is 5.78. The summed E-state index contributed by atoms with van der Waals surface area (Å²) in [6, 6.07) is 6.89. The fourth-order valence-corrected chi connectivity index (χ4v) is 4.10. The number of nitrogens with one attached hydrogen (secondary N) is 2. The van der Waals surface area contributed by atoms with Crippen LogP contribution in [0.2, 0.25) is 5.02 Å². The molecule has 0 unspecified atom stereocenters. The first kappa shape index (κ1) is 18.0. The van der Waals surface area contributed by atoms with Gasteiger partial charge in [-0.05, 0) is 50.2 Å². The smallest absolute Gasteiger partial charge is 0.241 e. The molecule has 0 atom stereocenters. The third kappa shape index (κ3) is 4.37. The second-order valence-corrected chi connectivity index (χ2v) is 8.34. The molecule has 128 valence electrons. The number of ether oxygens (including phenoxy) is 1. The Balaban J connectivity index is 1.88. The van der Waals surface area contributed by atoms with Gasteiger partial charge in [-0.2, -0.15) is 0 Å². The molecule has 1 fully saturated rings. The Kier molecular flexibility index (Phi) is 5.89. The van der Waals surface area contributed by atoms with Gasteiger partial charge in [-0.3, -0.25) is 4.79 Å². The molecule has 2 rings (SSSR count). The van der Waals surface area contributed by atoms with Crippen molar-refractivity contribution in [2.45, 2.75) is 17.6 Å². The van der Waals surface area contributed by atoms with Crippen LogP contribution < -0.4 is 15.4 Å². The second-order valence-electron chi connectivity index (χ2n) is 5.57. The second kappa shape index (κ2) is 7.51. The highest BCUT2D eigenvalue weighted by Gasteiger charge is 2.48. The molecule has 1 aromatic rings. The number of piperidine rings is 1. The van der Waals surface area contributed by atoms with E-state index in [2.05, 4.69) is 10.6 Å². The zero-order chi connectivity index (χ0) is 16.9. The van der Waals surface area contributed by atoms with E-state index >= 15 is 0 Å². The number of benzene rings is 1. The van der Waals surface area contributed by atoms with Gasteiger partial charge in [0.05, 0.1) is 6.54 Å². The van der Waals surface area contributed by atoms with Gasteiger partial charge >= 0.3 is 0 Å². The zero-order valence-electron chi connectivity index (χ0n) is 13.0. The van der Waals surface area contributed by atoms with E-state index < -0.39 is 20.5 Å². The molecule has 0 bridgehead atoms. The molecule has 0 radical (unpaired) electrons. The van der Waals surface area contributed by atoms with Crippen molar-refractivity contribution in [3.8, 4) is 5.75 Å². The number of carbonyl (C=O) groups is 1. The molecule has 1 aromatic carbocycles. The average molecular weight is 361 g/mol.